The summed E-state index contributed by atoms with van der Waals surface area (Å²) in [5, 5.41) is 16.1. The van der Waals surface area contributed by atoms with Gasteiger partial charge in [0.1, 0.15) is 0 Å². The van der Waals surface area contributed by atoms with E-state index in [-0.39, 0.29) is 23.6 Å². The number of aliphatic hydroxyl groups excluding tert-OH is 1. The van der Waals surface area contributed by atoms with E-state index < -0.39 is 0 Å². The number of guanidine groups is 1. The molecule has 0 radical (unpaired) electrons. The fourth-order valence-corrected chi connectivity index (χ4v) is 3.65. The predicted molar refractivity (Wildman–Crippen MR) is 103 cm³/mol. The van der Waals surface area contributed by atoms with Gasteiger partial charge in [0.25, 0.3) is 0 Å². The molecule has 0 unspecified atom stereocenters. The van der Waals surface area contributed by atoms with Crippen molar-refractivity contribution < 1.29 is 14.2 Å². The van der Waals surface area contributed by atoms with Gasteiger partial charge in [0, 0.05) is 19.7 Å². The van der Waals surface area contributed by atoms with Gasteiger partial charge in [-0.25, -0.2) is 9.38 Å². The zero-order chi connectivity index (χ0) is 18.8. The minimum Gasteiger partial charge on any atom is -0.494 e. The first-order valence-electron chi connectivity index (χ1n) is 9.58. The van der Waals surface area contributed by atoms with Gasteiger partial charge in [0.2, 0.25) is 0 Å². The number of ether oxygens (including phenoxy) is 1. The summed E-state index contributed by atoms with van der Waals surface area (Å²) in [4.78, 5) is 4.58. The van der Waals surface area contributed by atoms with Crippen molar-refractivity contribution in [3.05, 3.63) is 29.6 Å². The van der Waals surface area contributed by atoms with Crippen molar-refractivity contribution in [3.63, 3.8) is 0 Å². The molecule has 0 saturated heterocycles. The first-order chi connectivity index (χ1) is 12.6. The molecule has 0 aromatic heterocycles. The smallest absolute Gasteiger partial charge is 0.191 e. The van der Waals surface area contributed by atoms with E-state index in [1.807, 2.05) is 13.0 Å². The van der Waals surface area contributed by atoms with Crippen LogP contribution in [-0.2, 0) is 6.54 Å². The predicted octanol–water partition coefficient (Wildman–Crippen LogP) is 3.22. The second-order valence-corrected chi connectivity index (χ2v) is 7.05. The Hall–Kier alpha value is -1.82. The molecule has 0 heterocycles. The Morgan fingerprint density at radius 3 is 2.65 bits per heavy atom. The summed E-state index contributed by atoms with van der Waals surface area (Å²) in [5.74, 6) is 0.597. The summed E-state index contributed by atoms with van der Waals surface area (Å²) in [6.45, 7) is 4.20. The normalized spacial score (nSPS) is 17.0. The van der Waals surface area contributed by atoms with E-state index in [1.54, 1.807) is 6.07 Å². The van der Waals surface area contributed by atoms with E-state index in [0.717, 1.165) is 43.9 Å². The van der Waals surface area contributed by atoms with Crippen LogP contribution in [0, 0.1) is 11.2 Å². The second kappa shape index (κ2) is 10.4. The largest absolute Gasteiger partial charge is 0.494 e. The molecular formula is C20H32FN3O2. The lowest BCUT2D eigenvalue weighted by Crippen LogP contribution is -2.44. The Balaban J connectivity index is 2.00. The molecule has 3 N–H and O–H groups in total. The van der Waals surface area contributed by atoms with Crippen molar-refractivity contribution in [2.75, 3.05) is 26.8 Å². The number of benzene rings is 1. The zero-order valence-electron chi connectivity index (χ0n) is 16.0. The minimum atomic E-state index is -0.373. The number of methoxy groups -OCH3 is 1. The standard InChI is InChI=1S/C20H32FN3O2/c1-3-22-19(23-14-16-7-8-18(26-2)17(21)13-16)24-15-20(11-12-25)9-5-4-6-10-20/h7-8,13,25H,3-6,9-12,14-15H2,1-2H3,(H2,22,23,24). The van der Waals surface area contributed by atoms with E-state index in [9.17, 15) is 9.50 Å². The highest BCUT2D eigenvalue weighted by molar-refractivity contribution is 5.79. The van der Waals surface area contributed by atoms with Gasteiger partial charge < -0.3 is 20.5 Å². The molecular weight excluding hydrogens is 333 g/mol. The topological polar surface area (TPSA) is 65.9 Å². The van der Waals surface area contributed by atoms with Crippen LogP contribution in [0.3, 0.4) is 0 Å². The lowest BCUT2D eigenvalue weighted by atomic mass is 9.72. The van der Waals surface area contributed by atoms with Gasteiger partial charge in [-0.15, -0.1) is 0 Å². The number of nitrogens with one attached hydrogen (secondary N) is 2. The second-order valence-electron chi connectivity index (χ2n) is 7.05. The van der Waals surface area contributed by atoms with Crippen molar-refractivity contribution in [2.45, 2.75) is 52.0 Å². The summed E-state index contributed by atoms with van der Waals surface area (Å²) in [7, 11) is 1.46. The third kappa shape index (κ3) is 5.87. The number of aliphatic imine (C=N–C) groups is 1. The molecule has 6 heteroatoms. The quantitative estimate of drug-likeness (QED) is 0.489. The Morgan fingerprint density at radius 1 is 1.27 bits per heavy atom. The third-order valence-electron chi connectivity index (χ3n) is 5.17. The van der Waals surface area contributed by atoms with Crippen molar-refractivity contribution in [1.82, 2.24) is 10.6 Å². The zero-order valence-corrected chi connectivity index (χ0v) is 16.0. The maximum absolute atomic E-state index is 13.8. The molecule has 146 valence electrons. The van der Waals surface area contributed by atoms with Crippen LogP contribution >= 0.6 is 0 Å². The van der Waals surface area contributed by atoms with Crippen LogP contribution in [0.25, 0.3) is 0 Å². The number of rotatable bonds is 8. The molecule has 1 saturated carbocycles. The molecule has 1 aliphatic carbocycles. The van der Waals surface area contributed by atoms with Crippen LogP contribution in [0.15, 0.2) is 23.2 Å². The number of hydrogen-bond donors (Lipinski definition) is 3. The van der Waals surface area contributed by atoms with E-state index in [1.165, 1.54) is 32.4 Å². The first-order valence-corrected chi connectivity index (χ1v) is 9.58. The summed E-state index contributed by atoms with van der Waals surface area (Å²) in [5.41, 5.74) is 0.943. The number of aliphatic hydroxyl groups is 1. The highest BCUT2D eigenvalue weighted by Crippen LogP contribution is 2.38. The van der Waals surface area contributed by atoms with Crippen molar-refractivity contribution >= 4 is 5.96 Å². The van der Waals surface area contributed by atoms with E-state index in [0.29, 0.717) is 6.54 Å². The molecule has 2 rings (SSSR count). The Morgan fingerprint density at radius 2 is 2.04 bits per heavy atom. The lowest BCUT2D eigenvalue weighted by Gasteiger charge is -2.37. The Labute approximate surface area is 156 Å². The van der Waals surface area contributed by atoms with Gasteiger partial charge in [0.05, 0.1) is 13.7 Å². The molecule has 1 aromatic carbocycles. The average Bonchev–Trinajstić information content (AvgIpc) is 2.65. The van der Waals surface area contributed by atoms with Crippen LogP contribution in [0.4, 0.5) is 4.39 Å². The van der Waals surface area contributed by atoms with Gasteiger partial charge in [-0.05, 0) is 49.3 Å². The summed E-state index contributed by atoms with van der Waals surface area (Å²) in [6.07, 6.45) is 6.84. The molecule has 0 amide bonds. The molecule has 0 atom stereocenters. The van der Waals surface area contributed by atoms with E-state index in [4.69, 9.17) is 4.74 Å². The minimum absolute atomic E-state index is 0.148. The van der Waals surface area contributed by atoms with Crippen LogP contribution in [-0.4, -0.2) is 37.9 Å². The summed E-state index contributed by atoms with van der Waals surface area (Å²) < 4.78 is 18.8. The van der Waals surface area contributed by atoms with Gasteiger partial charge in [-0.1, -0.05) is 25.3 Å². The van der Waals surface area contributed by atoms with E-state index >= 15 is 0 Å². The number of hydrogen-bond acceptors (Lipinski definition) is 3. The lowest BCUT2D eigenvalue weighted by molar-refractivity contribution is 0.131. The third-order valence-corrected chi connectivity index (χ3v) is 5.17. The molecule has 1 fully saturated rings. The first kappa shape index (κ1) is 20.5. The Kier molecular flexibility index (Phi) is 8.16. The fourth-order valence-electron chi connectivity index (χ4n) is 3.65. The Bertz CT molecular complexity index is 581. The van der Waals surface area contributed by atoms with Crippen LogP contribution in [0.5, 0.6) is 5.75 Å². The van der Waals surface area contributed by atoms with Gasteiger partial charge in [-0.3, -0.25) is 0 Å². The van der Waals surface area contributed by atoms with Gasteiger partial charge >= 0.3 is 0 Å². The maximum Gasteiger partial charge on any atom is 0.191 e. The summed E-state index contributed by atoms with van der Waals surface area (Å²) >= 11 is 0. The molecule has 0 aliphatic heterocycles. The monoisotopic (exact) mass is 365 g/mol. The average molecular weight is 365 g/mol. The number of halogens is 1. The van der Waals surface area contributed by atoms with Gasteiger partial charge in [-0.2, -0.15) is 0 Å². The molecule has 1 aromatic rings. The highest BCUT2D eigenvalue weighted by Gasteiger charge is 2.31. The molecule has 5 nitrogen and oxygen atoms in total. The van der Waals surface area contributed by atoms with Crippen molar-refractivity contribution in [2.24, 2.45) is 10.4 Å². The SMILES string of the molecule is CCNC(=NCc1ccc(OC)c(F)c1)NCC1(CCO)CCCCC1. The van der Waals surface area contributed by atoms with Crippen LogP contribution in [0.1, 0.15) is 51.0 Å². The van der Waals surface area contributed by atoms with Crippen LogP contribution in [0.2, 0.25) is 0 Å². The molecule has 1 aliphatic rings. The molecule has 26 heavy (non-hydrogen) atoms. The summed E-state index contributed by atoms with van der Waals surface area (Å²) in [6, 6.07) is 4.91. The maximum atomic E-state index is 13.8. The number of nitrogens with zero attached hydrogens (tertiary/aromatic N) is 1. The van der Waals surface area contributed by atoms with E-state index in [2.05, 4.69) is 15.6 Å². The highest BCUT2D eigenvalue weighted by atomic mass is 19.1. The van der Waals surface area contributed by atoms with Gasteiger partial charge in [0.15, 0.2) is 17.5 Å². The fraction of sp³-hybridized carbons (Fsp3) is 0.650. The van der Waals surface area contributed by atoms with Crippen molar-refractivity contribution in [3.8, 4) is 5.75 Å². The molecule has 0 spiro atoms. The van der Waals surface area contributed by atoms with Crippen molar-refractivity contribution in [1.29, 1.82) is 0 Å². The molecule has 0 bridgehead atoms. The van der Waals surface area contributed by atoms with Crippen LogP contribution < -0.4 is 15.4 Å².